The Hall–Kier alpha value is -0.950. The van der Waals surface area contributed by atoms with Gasteiger partial charge < -0.3 is 15.2 Å². The Morgan fingerprint density at radius 2 is 2.04 bits per heavy atom. The number of aliphatic imine (C=N–C) groups is 1. The molecular formula is C13H28IN7O2S. The average molecular weight is 473 g/mol. The van der Waals surface area contributed by atoms with Gasteiger partial charge in [-0.05, 0) is 13.3 Å². The number of aromatic nitrogens is 3. The van der Waals surface area contributed by atoms with Gasteiger partial charge in [-0.25, -0.2) is 13.1 Å². The fraction of sp³-hybridized carbons (Fsp3) is 0.769. The predicted molar refractivity (Wildman–Crippen MR) is 106 cm³/mol. The van der Waals surface area contributed by atoms with Crippen LogP contribution in [0.2, 0.25) is 0 Å². The molecule has 140 valence electrons. The van der Waals surface area contributed by atoms with E-state index in [4.69, 9.17) is 0 Å². The van der Waals surface area contributed by atoms with Gasteiger partial charge in [0.2, 0.25) is 10.0 Å². The molecule has 0 saturated carbocycles. The number of rotatable bonds is 10. The fourth-order valence-corrected chi connectivity index (χ4v) is 2.42. The van der Waals surface area contributed by atoms with Crippen molar-refractivity contribution >= 4 is 40.0 Å². The maximum atomic E-state index is 11.0. The molecular weight excluding hydrogens is 445 g/mol. The van der Waals surface area contributed by atoms with Crippen LogP contribution >= 0.6 is 24.0 Å². The van der Waals surface area contributed by atoms with E-state index in [2.05, 4.69) is 30.5 Å². The van der Waals surface area contributed by atoms with Gasteiger partial charge in [0, 0.05) is 39.1 Å². The molecule has 9 nitrogen and oxygen atoms in total. The molecule has 0 aliphatic rings. The Kier molecular flexibility index (Phi) is 11.9. The van der Waals surface area contributed by atoms with E-state index in [1.54, 1.807) is 6.33 Å². The van der Waals surface area contributed by atoms with Crippen LogP contribution in [0.3, 0.4) is 0 Å². The molecule has 0 bridgehead atoms. The summed E-state index contributed by atoms with van der Waals surface area (Å²) in [6.45, 7) is 7.21. The lowest BCUT2D eigenvalue weighted by atomic mass is 10.4. The number of hydrogen-bond donors (Lipinski definition) is 3. The van der Waals surface area contributed by atoms with Crippen molar-refractivity contribution in [2.24, 2.45) is 4.99 Å². The lowest BCUT2D eigenvalue weighted by molar-refractivity contribution is 0.585. The minimum Gasteiger partial charge on any atom is -0.357 e. The number of sulfonamides is 1. The Morgan fingerprint density at radius 1 is 1.29 bits per heavy atom. The van der Waals surface area contributed by atoms with Crippen LogP contribution in [0.15, 0.2) is 11.3 Å². The van der Waals surface area contributed by atoms with Crippen molar-refractivity contribution in [1.29, 1.82) is 0 Å². The molecule has 0 radical (unpaired) electrons. The first-order valence-electron chi connectivity index (χ1n) is 7.79. The van der Waals surface area contributed by atoms with Crippen LogP contribution in [-0.4, -0.2) is 61.6 Å². The third-order valence-corrected chi connectivity index (χ3v) is 3.70. The highest BCUT2D eigenvalue weighted by Crippen LogP contribution is 1.94. The Bertz CT molecular complexity index is 589. The van der Waals surface area contributed by atoms with Crippen LogP contribution < -0.4 is 15.4 Å². The van der Waals surface area contributed by atoms with Crippen molar-refractivity contribution in [2.75, 3.05) is 32.4 Å². The summed E-state index contributed by atoms with van der Waals surface area (Å²) in [6.07, 6.45) is 4.37. The van der Waals surface area contributed by atoms with E-state index in [1.807, 2.05) is 18.4 Å². The summed E-state index contributed by atoms with van der Waals surface area (Å²) in [7, 11) is -3.13. The molecule has 0 amide bonds. The highest BCUT2D eigenvalue weighted by molar-refractivity contribution is 14.0. The Balaban J connectivity index is 0.00000529. The maximum Gasteiger partial charge on any atom is 0.208 e. The van der Waals surface area contributed by atoms with Crippen molar-refractivity contribution in [3.8, 4) is 0 Å². The molecule has 1 aromatic heterocycles. The number of aryl methyl sites for hydroxylation is 1. The third-order valence-electron chi connectivity index (χ3n) is 2.97. The van der Waals surface area contributed by atoms with Crippen LogP contribution in [0, 0.1) is 0 Å². The van der Waals surface area contributed by atoms with Crippen LogP contribution in [-0.2, 0) is 23.0 Å². The molecule has 0 aromatic carbocycles. The van der Waals surface area contributed by atoms with Crippen molar-refractivity contribution in [3.05, 3.63) is 12.2 Å². The highest BCUT2D eigenvalue weighted by Gasteiger charge is 2.02. The molecule has 0 spiro atoms. The quantitative estimate of drug-likeness (QED) is 0.190. The zero-order valence-corrected chi connectivity index (χ0v) is 17.6. The van der Waals surface area contributed by atoms with Crippen molar-refractivity contribution < 1.29 is 8.42 Å². The van der Waals surface area contributed by atoms with Crippen molar-refractivity contribution in [3.63, 3.8) is 0 Å². The molecule has 24 heavy (non-hydrogen) atoms. The second-order valence-corrected chi connectivity index (χ2v) is 6.83. The second-order valence-electron chi connectivity index (χ2n) is 5.00. The molecule has 1 heterocycles. The normalized spacial score (nSPS) is 11.9. The van der Waals surface area contributed by atoms with Gasteiger partial charge in [-0.2, -0.15) is 0 Å². The maximum absolute atomic E-state index is 11.0. The molecule has 0 aliphatic carbocycles. The molecule has 11 heteroatoms. The standard InChI is InChI=1S/C13H27N7O2S.HI/c1-4-12-19-17-11-20(12)10-9-16-13(14-5-2)15-7-6-8-18-23(3,21)22;/h11,18H,4-10H2,1-3H3,(H2,14,15,16);1H. The number of hydrogen-bond acceptors (Lipinski definition) is 5. The largest absolute Gasteiger partial charge is 0.357 e. The summed E-state index contributed by atoms with van der Waals surface area (Å²) < 4.78 is 26.4. The average Bonchev–Trinajstić information content (AvgIpc) is 2.93. The van der Waals surface area contributed by atoms with Gasteiger partial charge in [0.05, 0.1) is 6.26 Å². The second kappa shape index (κ2) is 12.4. The van der Waals surface area contributed by atoms with Crippen molar-refractivity contribution in [2.45, 2.75) is 33.2 Å². The molecule has 0 unspecified atom stereocenters. The van der Waals surface area contributed by atoms with Crippen LogP contribution in [0.4, 0.5) is 0 Å². The zero-order chi connectivity index (χ0) is 17.1. The van der Waals surface area contributed by atoms with E-state index >= 15 is 0 Å². The number of guanidine groups is 1. The molecule has 1 aromatic rings. The molecule has 0 atom stereocenters. The summed E-state index contributed by atoms with van der Waals surface area (Å²) in [6, 6.07) is 0. The van der Waals surface area contributed by atoms with E-state index in [1.165, 1.54) is 0 Å². The van der Waals surface area contributed by atoms with E-state index in [9.17, 15) is 8.42 Å². The summed E-state index contributed by atoms with van der Waals surface area (Å²) in [4.78, 5) is 4.41. The molecule has 1 rings (SSSR count). The third kappa shape index (κ3) is 10.0. The van der Waals surface area contributed by atoms with Crippen LogP contribution in [0.5, 0.6) is 0 Å². The van der Waals surface area contributed by atoms with E-state index in [-0.39, 0.29) is 24.0 Å². The predicted octanol–water partition coefficient (Wildman–Crippen LogP) is -0.0471. The number of nitrogens with one attached hydrogen (secondary N) is 3. The van der Waals surface area contributed by atoms with Crippen LogP contribution in [0.1, 0.15) is 26.1 Å². The molecule has 0 aliphatic heterocycles. The van der Waals surface area contributed by atoms with Gasteiger partial charge in [-0.1, -0.05) is 6.92 Å². The number of nitrogens with zero attached hydrogens (tertiary/aromatic N) is 4. The van der Waals surface area contributed by atoms with Gasteiger partial charge in [-0.3, -0.25) is 4.99 Å². The minimum atomic E-state index is -3.13. The summed E-state index contributed by atoms with van der Waals surface area (Å²) >= 11 is 0. The molecule has 0 saturated heterocycles. The van der Waals surface area contributed by atoms with Gasteiger partial charge in [0.15, 0.2) is 5.96 Å². The molecule has 3 N–H and O–H groups in total. The Morgan fingerprint density at radius 3 is 2.67 bits per heavy atom. The Labute approximate surface area is 161 Å². The van der Waals surface area contributed by atoms with Gasteiger partial charge >= 0.3 is 0 Å². The summed E-state index contributed by atoms with van der Waals surface area (Å²) in [5, 5.41) is 14.3. The molecule has 0 fully saturated rings. The SMILES string of the molecule is CCNC(=NCCCNS(C)(=O)=O)NCCn1cnnc1CC.I. The fourth-order valence-electron chi connectivity index (χ4n) is 1.90. The topological polar surface area (TPSA) is 113 Å². The van der Waals surface area contributed by atoms with Gasteiger partial charge in [-0.15, -0.1) is 34.2 Å². The lowest BCUT2D eigenvalue weighted by Crippen LogP contribution is -2.39. The first-order chi connectivity index (χ1) is 11.0. The smallest absolute Gasteiger partial charge is 0.208 e. The lowest BCUT2D eigenvalue weighted by Gasteiger charge is -2.12. The van der Waals surface area contributed by atoms with Crippen molar-refractivity contribution in [1.82, 2.24) is 30.1 Å². The van der Waals surface area contributed by atoms with Gasteiger partial charge in [0.25, 0.3) is 0 Å². The first kappa shape index (κ1) is 23.1. The zero-order valence-electron chi connectivity index (χ0n) is 14.4. The number of halogens is 1. The first-order valence-corrected chi connectivity index (χ1v) is 9.69. The summed E-state index contributed by atoms with van der Waals surface area (Å²) in [5.41, 5.74) is 0. The van der Waals surface area contributed by atoms with E-state index in [0.717, 1.165) is 37.6 Å². The highest BCUT2D eigenvalue weighted by atomic mass is 127. The van der Waals surface area contributed by atoms with Crippen LogP contribution in [0.25, 0.3) is 0 Å². The minimum absolute atomic E-state index is 0. The van der Waals surface area contributed by atoms with E-state index < -0.39 is 10.0 Å². The monoisotopic (exact) mass is 473 g/mol. The van der Waals surface area contributed by atoms with Gasteiger partial charge in [0.1, 0.15) is 12.2 Å². The van der Waals surface area contributed by atoms with E-state index in [0.29, 0.717) is 26.1 Å². The summed E-state index contributed by atoms with van der Waals surface area (Å²) in [5.74, 6) is 1.68.